The average Bonchev–Trinajstić information content (AvgIpc) is 3.19. The minimum absolute atomic E-state index is 0.657. The van der Waals surface area contributed by atoms with Crippen molar-refractivity contribution in [3.05, 3.63) is 113 Å². The van der Waals surface area contributed by atoms with Gasteiger partial charge in [-0.2, -0.15) is 0 Å². The predicted octanol–water partition coefficient (Wildman–Crippen LogP) is 9.42. The third-order valence-electron chi connectivity index (χ3n) is 8.54. The predicted molar refractivity (Wildman–Crippen MR) is 153 cm³/mol. The van der Waals surface area contributed by atoms with Gasteiger partial charge in [0.05, 0.1) is 0 Å². The SMILES string of the molecule is C[CH]=[Ti]([C]1=C(C)C(C)=C(C)C1C)[C]1=C(C)C(C)=C(C)C1C.c1ccc(CCc2ccccc2)cc1. The third kappa shape index (κ3) is 6.04. The van der Waals surface area contributed by atoms with Gasteiger partial charge < -0.3 is 0 Å². The molecule has 0 N–H and O–H groups in total. The topological polar surface area (TPSA) is 0 Å². The van der Waals surface area contributed by atoms with Crippen molar-refractivity contribution in [1.29, 1.82) is 0 Å². The zero-order valence-electron chi connectivity index (χ0n) is 23.4. The van der Waals surface area contributed by atoms with Gasteiger partial charge in [0, 0.05) is 0 Å². The van der Waals surface area contributed by atoms with E-state index in [1.807, 2.05) is 0 Å². The van der Waals surface area contributed by atoms with E-state index in [1.165, 1.54) is 11.1 Å². The molecule has 0 fully saturated rings. The molecule has 2 aromatic carbocycles. The molecule has 4 rings (SSSR count). The molecule has 0 bridgehead atoms. The minimum Gasteiger partial charge on any atom is -0.0622 e. The molecule has 0 saturated carbocycles. The molecule has 2 aromatic rings. The summed E-state index contributed by atoms with van der Waals surface area (Å²) in [6.07, 6.45) is 2.26. The van der Waals surface area contributed by atoms with Gasteiger partial charge in [-0.3, -0.25) is 0 Å². The summed E-state index contributed by atoms with van der Waals surface area (Å²) in [6.45, 7) is 21.1. The Morgan fingerprint density at radius 2 is 0.914 bits per heavy atom. The maximum absolute atomic E-state index is 2.59. The standard InChI is InChI=1S/C14H14.2C9H13.C2H4.Ti/c1-3-7-13(8-4-1)11-12-14-9-5-2-6-10-14;2*1-6-5-7(2)9(4)8(6)3;1-2;/h1-10H,11-12H2;2*6H,1-4H3;1H,2H3;. The van der Waals surface area contributed by atoms with E-state index >= 15 is 0 Å². The van der Waals surface area contributed by atoms with Crippen LogP contribution in [0.3, 0.4) is 0 Å². The zero-order chi connectivity index (χ0) is 25.7. The van der Waals surface area contributed by atoms with Gasteiger partial charge in [-0.25, -0.2) is 0 Å². The summed E-state index contributed by atoms with van der Waals surface area (Å²) < 4.78 is 6.19. The van der Waals surface area contributed by atoms with Gasteiger partial charge in [-0.15, -0.1) is 0 Å². The number of benzene rings is 2. The summed E-state index contributed by atoms with van der Waals surface area (Å²) in [4.78, 5) is 0. The molecule has 184 valence electrons. The van der Waals surface area contributed by atoms with E-state index in [9.17, 15) is 0 Å². The molecule has 35 heavy (non-hydrogen) atoms. The summed E-state index contributed by atoms with van der Waals surface area (Å²) in [5.41, 5.74) is 12.3. The van der Waals surface area contributed by atoms with Gasteiger partial charge in [0.2, 0.25) is 0 Å². The van der Waals surface area contributed by atoms with E-state index in [1.54, 1.807) is 41.2 Å². The fourth-order valence-corrected chi connectivity index (χ4v) is 11.0. The average molecular weight is 501 g/mol. The van der Waals surface area contributed by atoms with Crippen LogP contribution < -0.4 is 0 Å². The van der Waals surface area contributed by atoms with Crippen LogP contribution in [0.5, 0.6) is 0 Å². The third-order valence-corrected chi connectivity index (χ3v) is 13.8. The van der Waals surface area contributed by atoms with Crippen molar-refractivity contribution in [3.8, 4) is 0 Å². The molecule has 0 heterocycles. The molecule has 0 radical (unpaired) electrons. The Morgan fingerprint density at radius 1 is 0.571 bits per heavy atom. The van der Waals surface area contributed by atoms with E-state index < -0.39 is 17.4 Å². The van der Waals surface area contributed by atoms with Crippen LogP contribution in [0.4, 0.5) is 0 Å². The molecule has 0 aromatic heterocycles. The van der Waals surface area contributed by atoms with Crippen LogP contribution in [0.15, 0.2) is 102 Å². The molecule has 2 unspecified atom stereocenters. The molecule has 0 aliphatic heterocycles. The van der Waals surface area contributed by atoms with Gasteiger partial charge in [0.15, 0.2) is 0 Å². The monoisotopic (exact) mass is 500 g/mol. The minimum atomic E-state index is -1.48. The van der Waals surface area contributed by atoms with Crippen molar-refractivity contribution in [2.24, 2.45) is 11.8 Å². The second kappa shape index (κ2) is 12.3. The molecule has 0 spiro atoms. The number of aryl methyl sites for hydroxylation is 2. The number of rotatable bonds is 5. The van der Waals surface area contributed by atoms with Gasteiger partial charge in [0.1, 0.15) is 0 Å². The second-order valence-electron chi connectivity index (χ2n) is 10.3. The molecule has 2 atom stereocenters. The first-order valence-electron chi connectivity index (χ1n) is 13.2. The summed E-state index contributed by atoms with van der Waals surface area (Å²) in [5.74, 6) is 1.31. The van der Waals surface area contributed by atoms with Crippen molar-refractivity contribution in [1.82, 2.24) is 0 Å². The van der Waals surface area contributed by atoms with Gasteiger partial charge >= 0.3 is 137 Å². The fourth-order valence-electron chi connectivity index (χ4n) is 5.63. The molecule has 2 aliphatic carbocycles. The summed E-state index contributed by atoms with van der Waals surface area (Å²) in [6, 6.07) is 21.2. The van der Waals surface area contributed by atoms with Crippen molar-refractivity contribution < 1.29 is 17.4 Å². The Morgan fingerprint density at radius 3 is 1.17 bits per heavy atom. The van der Waals surface area contributed by atoms with Crippen molar-refractivity contribution in [2.75, 3.05) is 0 Å². The van der Waals surface area contributed by atoms with Crippen LogP contribution in [0.25, 0.3) is 0 Å². The van der Waals surface area contributed by atoms with E-state index in [0.717, 1.165) is 12.8 Å². The molecular formula is C34H44Ti. The fraction of sp³-hybridized carbons (Fsp3) is 0.382. The largest absolute Gasteiger partial charge is 0.0622 e. The first kappa shape index (κ1) is 27.6. The summed E-state index contributed by atoms with van der Waals surface area (Å²) >= 11 is -1.48. The van der Waals surface area contributed by atoms with Crippen LogP contribution in [-0.2, 0) is 30.2 Å². The van der Waals surface area contributed by atoms with E-state index in [-0.39, 0.29) is 0 Å². The quantitative estimate of drug-likeness (QED) is 0.359. The van der Waals surface area contributed by atoms with Crippen LogP contribution in [0.2, 0.25) is 0 Å². The zero-order valence-corrected chi connectivity index (χ0v) is 25.0. The first-order chi connectivity index (χ1) is 16.7. The van der Waals surface area contributed by atoms with Crippen molar-refractivity contribution in [2.45, 2.75) is 75.2 Å². The normalized spacial score (nSPS) is 19.9. The van der Waals surface area contributed by atoms with E-state index in [0.29, 0.717) is 11.8 Å². The number of hydrogen-bond donors (Lipinski definition) is 0. The smallest absolute Gasteiger partial charge is 0.0238 e. The molecule has 2 aliphatic rings. The van der Waals surface area contributed by atoms with Gasteiger partial charge in [0.25, 0.3) is 0 Å². The Kier molecular flexibility index (Phi) is 9.68. The maximum atomic E-state index is 2.59. The van der Waals surface area contributed by atoms with Crippen molar-refractivity contribution >= 4 is 4.31 Å². The molecule has 1 heteroatoms. The van der Waals surface area contributed by atoms with E-state index in [4.69, 9.17) is 0 Å². The molecule has 0 amide bonds. The van der Waals surface area contributed by atoms with Gasteiger partial charge in [-0.1, -0.05) is 60.7 Å². The van der Waals surface area contributed by atoms with Gasteiger partial charge in [-0.05, 0) is 24.0 Å². The Hall–Kier alpha value is -2.02. The Balaban J connectivity index is 0.000000211. The second-order valence-corrected chi connectivity index (χ2v) is 14.2. The number of allylic oxidation sites excluding steroid dienone is 8. The van der Waals surface area contributed by atoms with Crippen LogP contribution >= 0.6 is 0 Å². The summed E-state index contributed by atoms with van der Waals surface area (Å²) in [7, 11) is 0. The first-order valence-corrected chi connectivity index (χ1v) is 15.7. The summed E-state index contributed by atoms with van der Waals surface area (Å²) in [5, 5.41) is 0. The molecule has 0 nitrogen and oxygen atoms in total. The molecular weight excluding hydrogens is 456 g/mol. The Bertz CT molecular complexity index is 1110. The van der Waals surface area contributed by atoms with Crippen LogP contribution in [0.1, 0.15) is 73.4 Å². The molecule has 0 saturated heterocycles. The number of hydrogen-bond acceptors (Lipinski definition) is 0. The van der Waals surface area contributed by atoms with Crippen LogP contribution in [0, 0.1) is 11.8 Å². The Labute approximate surface area is 220 Å². The van der Waals surface area contributed by atoms with E-state index in [2.05, 4.69) is 127 Å². The maximum Gasteiger partial charge on any atom is -0.0238 e. The van der Waals surface area contributed by atoms with Crippen molar-refractivity contribution in [3.63, 3.8) is 0 Å². The van der Waals surface area contributed by atoms with Crippen LogP contribution in [-0.4, -0.2) is 4.31 Å².